The molecule has 0 bridgehead atoms. The number of primary amides is 1. The van der Waals surface area contributed by atoms with Gasteiger partial charge in [0.25, 0.3) is 5.91 Å². The molecular weight excluding hydrogens is 172 g/mol. The van der Waals surface area contributed by atoms with Gasteiger partial charge < -0.3 is 20.9 Å². The Morgan fingerprint density at radius 1 is 1.31 bits per heavy atom. The molecule has 1 aliphatic rings. The maximum Gasteiger partial charge on any atom is 0.250 e. The number of anilines is 1. The molecule has 0 saturated carbocycles. The minimum Gasteiger partial charge on any atom is -0.454 e. The van der Waals surface area contributed by atoms with Gasteiger partial charge in [0.2, 0.25) is 6.79 Å². The zero-order chi connectivity index (χ0) is 9.42. The van der Waals surface area contributed by atoms with Gasteiger partial charge in [0.15, 0.2) is 11.5 Å². The first-order chi connectivity index (χ1) is 6.18. The highest BCUT2D eigenvalue weighted by Crippen LogP contribution is 2.35. The fourth-order valence-corrected chi connectivity index (χ4v) is 1.17. The zero-order valence-electron chi connectivity index (χ0n) is 6.74. The van der Waals surface area contributed by atoms with E-state index in [1.165, 1.54) is 12.1 Å². The number of ether oxygens (including phenoxy) is 2. The molecule has 0 radical (unpaired) electrons. The molecule has 0 atom stereocenters. The molecule has 0 fully saturated rings. The number of hydrogen-bond donors (Lipinski definition) is 2. The molecule has 13 heavy (non-hydrogen) atoms. The number of carbonyl (C=O) groups excluding carboxylic acids is 1. The van der Waals surface area contributed by atoms with Crippen LogP contribution in [-0.4, -0.2) is 12.7 Å². The number of nitrogen functional groups attached to an aromatic ring is 1. The molecule has 4 N–H and O–H groups in total. The van der Waals surface area contributed by atoms with Crippen molar-refractivity contribution < 1.29 is 14.3 Å². The largest absolute Gasteiger partial charge is 0.454 e. The number of carbonyl (C=O) groups is 1. The second-order valence-electron chi connectivity index (χ2n) is 2.66. The molecule has 68 valence electrons. The third-order valence-electron chi connectivity index (χ3n) is 1.81. The van der Waals surface area contributed by atoms with Gasteiger partial charge in [-0.2, -0.15) is 0 Å². The molecule has 1 aromatic rings. The second kappa shape index (κ2) is 2.55. The lowest BCUT2D eigenvalue weighted by molar-refractivity contribution is 0.100. The normalized spacial score (nSPS) is 12.9. The third kappa shape index (κ3) is 1.14. The van der Waals surface area contributed by atoms with E-state index < -0.39 is 5.91 Å². The van der Waals surface area contributed by atoms with E-state index in [9.17, 15) is 4.79 Å². The van der Waals surface area contributed by atoms with Crippen LogP contribution in [0.4, 0.5) is 5.69 Å². The third-order valence-corrected chi connectivity index (χ3v) is 1.81. The summed E-state index contributed by atoms with van der Waals surface area (Å²) < 4.78 is 10.1. The summed E-state index contributed by atoms with van der Waals surface area (Å²) >= 11 is 0. The standard InChI is InChI=1S/C8H8N2O3/c9-5-2-7-6(12-3-13-7)1-4(5)8(10)11/h1-2H,3,9H2,(H2,10,11). The van der Waals surface area contributed by atoms with Crippen LogP contribution in [0, 0.1) is 0 Å². The quantitative estimate of drug-likeness (QED) is 0.600. The van der Waals surface area contributed by atoms with E-state index in [0.717, 1.165) is 0 Å². The van der Waals surface area contributed by atoms with Crippen molar-refractivity contribution in [2.75, 3.05) is 12.5 Å². The van der Waals surface area contributed by atoms with Gasteiger partial charge in [-0.15, -0.1) is 0 Å². The highest BCUT2D eigenvalue weighted by Gasteiger charge is 2.17. The predicted octanol–water partition coefficient (Wildman–Crippen LogP) is 0.0964. The molecule has 0 spiro atoms. The SMILES string of the molecule is NC(=O)c1cc2c(cc1N)OCO2. The maximum atomic E-state index is 10.9. The van der Waals surface area contributed by atoms with Crippen molar-refractivity contribution in [3.8, 4) is 11.5 Å². The van der Waals surface area contributed by atoms with Crippen molar-refractivity contribution in [2.45, 2.75) is 0 Å². The Morgan fingerprint density at radius 2 is 1.92 bits per heavy atom. The van der Waals surface area contributed by atoms with Gasteiger partial charge in [-0.25, -0.2) is 0 Å². The Kier molecular flexibility index (Phi) is 1.51. The van der Waals surface area contributed by atoms with Crippen LogP contribution in [0.5, 0.6) is 11.5 Å². The van der Waals surface area contributed by atoms with E-state index in [2.05, 4.69) is 0 Å². The highest BCUT2D eigenvalue weighted by atomic mass is 16.7. The van der Waals surface area contributed by atoms with Crippen molar-refractivity contribution in [3.05, 3.63) is 17.7 Å². The van der Waals surface area contributed by atoms with Gasteiger partial charge >= 0.3 is 0 Å². The minimum atomic E-state index is -0.573. The molecule has 5 nitrogen and oxygen atoms in total. The molecule has 2 rings (SSSR count). The monoisotopic (exact) mass is 180 g/mol. The van der Waals surface area contributed by atoms with Crippen LogP contribution in [0.2, 0.25) is 0 Å². The van der Waals surface area contributed by atoms with E-state index in [1.807, 2.05) is 0 Å². The van der Waals surface area contributed by atoms with Gasteiger partial charge in [0, 0.05) is 11.8 Å². The number of rotatable bonds is 1. The molecule has 1 aliphatic heterocycles. The highest BCUT2D eigenvalue weighted by molar-refractivity contribution is 5.98. The lowest BCUT2D eigenvalue weighted by atomic mass is 10.1. The van der Waals surface area contributed by atoms with Gasteiger partial charge in [0.1, 0.15) is 0 Å². The summed E-state index contributed by atoms with van der Waals surface area (Å²) in [4.78, 5) is 10.9. The molecule has 0 aliphatic carbocycles. The summed E-state index contributed by atoms with van der Waals surface area (Å²) in [5.74, 6) is 0.473. The minimum absolute atomic E-state index is 0.150. The van der Waals surface area contributed by atoms with E-state index in [-0.39, 0.29) is 12.4 Å². The first-order valence-corrected chi connectivity index (χ1v) is 3.67. The summed E-state index contributed by atoms with van der Waals surface area (Å²) in [7, 11) is 0. The van der Waals surface area contributed by atoms with Gasteiger partial charge in [-0.05, 0) is 6.07 Å². The lowest BCUT2D eigenvalue weighted by Crippen LogP contribution is -2.13. The Balaban J connectivity index is 2.55. The number of benzene rings is 1. The summed E-state index contributed by atoms with van der Waals surface area (Å²) in [6, 6.07) is 3.02. The summed E-state index contributed by atoms with van der Waals surface area (Å²) in [6.45, 7) is 0.150. The van der Waals surface area contributed by atoms with Crippen molar-refractivity contribution >= 4 is 11.6 Å². The molecule has 0 unspecified atom stereocenters. The first kappa shape index (κ1) is 7.72. The number of nitrogens with two attached hydrogens (primary N) is 2. The van der Waals surface area contributed by atoms with Crippen molar-refractivity contribution in [3.63, 3.8) is 0 Å². The Hall–Kier alpha value is -1.91. The van der Waals surface area contributed by atoms with E-state index >= 15 is 0 Å². The molecule has 0 saturated heterocycles. The van der Waals surface area contributed by atoms with E-state index in [4.69, 9.17) is 20.9 Å². The average Bonchev–Trinajstić information content (AvgIpc) is 2.48. The van der Waals surface area contributed by atoms with E-state index in [0.29, 0.717) is 17.2 Å². The summed E-state index contributed by atoms with van der Waals surface area (Å²) in [5, 5.41) is 0. The molecule has 1 aromatic carbocycles. The lowest BCUT2D eigenvalue weighted by Gasteiger charge is -2.02. The number of fused-ring (bicyclic) bond motifs is 1. The number of hydrogen-bond acceptors (Lipinski definition) is 4. The van der Waals surface area contributed by atoms with Gasteiger partial charge in [-0.3, -0.25) is 4.79 Å². The maximum absolute atomic E-state index is 10.9. The van der Waals surface area contributed by atoms with Crippen molar-refractivity contribution in [1.82, 2.24) is 0 Å². The van der Waals surface area contributed by atoms with Crippen LogP contribution < -0.4 is 20.9 Å². The summed E-state index contributed by atoms with van der Waals surface area (Å²) in [6.07, 6.45) is 0. The van der Waals surface area contributed by atoms with Gasteiger partial charge in [0.05, 0.1) is 5.56 Å². The first-order valence-electron chi connectivity index (χ1n) is 3.67. The topological polar surface area (TPSA) is 87.6 Å². The molecule has 1 amide bonds. The van der Waals surface area contributed by atoms with Crippen LogP contribution >= 0.6 is 0 Å². The van der Waals surface area contributed by atoms with E-state index in [1.54, 1.807) is 0 Å². The van der Waals surface area contributed by atoms with Crippen LogP contribution in [-0.2, 0) is 0 Å². The van der Waals surface area contributed by atoms with Crippen LogP contribution in [0.1, 0.15) is 10.4 Å². The van der Waals surface area contributed by atoms with Crippen molar-refractivity contribution in [1.29, 1.82) is 0 Å². The predicted molar refractivity (Wildman–Crippen MR) is 45.5 cm³/mol. The zero-order valence-corrected chi connectivity index (χ0v) is 6.74. The smallest absolute Gasteiger partial charge is 0.250 e. The molecule has 0 aromatic heterocycles. The van der Waals surface area contributed by atoms with Crippen LogP contribution in [0.25, 0.3) is 0 Å². The van der Waals surface area contributed by atoms with Crippen molar-refractivity contribution in [2.24, 2.45) is 5.73 Å². The average molecular weight is 180 g/mol. The number of amides is 1. The fraction of sp³-hybridized carbons (Fsp3) is 0.125. The van der Waals surface area contributed by atoms with Crippen LogP contribution in [0.15, 0.2) is 12.1 Å². The Labute approximate surface area is 74.2 Å². The Morgan fingerprint density at radius 3 is 2.54 bits per heavy atom. The Bertz CT molecular complexity index is 376. The molecule has 1 heterocycles. The molecular formula is C8H8N2O3. The fourth-order valence-electron chi connectivity index (χ4n) is 1.17. The molecule has 5 heteroatoms. The second-order valence-corrected chi connectivity index (χ2v) is 2.66. The van der Waals surface area contributed by atoms with Crippen LogP contribution in [0.3, 0.4) is 0 Å². The summed E-state index contributed by atoms with van der Waals surface area (Å²) in [5.41, 5.74) is 11.2. The van der Waals surface area contributed by atoms with Gasteiger partial charge in [-0.1, -0.05) is 0 Å².